The van der Waals surface area contributed by atoms with E-state index < -0.39 is 82.1 Å². The Hall–Kier alpha value is -16.1. The highest BCUT2D eigenvalue weighted by atomic mass is 35.5. The second kappa shape index (κ2) is 35.2. The number of aromatic nitrogens is 6. The summed E-state index contributed by atoms with van der Waals surface area (Å²) in [7, 11) is 0. The third kappa shape index (κ3) is 20.6. The second-order valence-electron chi connectivity index (χ2n) is 29.0. The van der Waals surface area contributed by atoms with Gasteiger partial charge < -0.3 is 95.3 Å². The Bertz CT molecular complexity index is 6980. The van der Waals surface area contributed by atoms with Crippen LogP contribution >= 0.6 is 11.6 Å². The molecule has 18 aromatic rings. The Labute approximate surface area is 731 Å². The van der Waals surface area contributed by atoms with Crippen molar-refractivity contribution >= 4 is 146 Å². The molecule has 132 heavy (non-hydrogen) atoms. The predicted octanol–water partition coefficient (Wildman–Crippen LogP) is 23.9. The van der Waals surface area contributed by atoms with Gasteiger partial charge in [0.2, 0.25) is 35.3 Å². The number of hydrogen-bond donors (Lipinski definition) is 12. The molecule has 0 bridgehead atoms. The van der Waals surface area contributed by atoms with Gasteiger partial charge >= 0.3 is 37.1 Å². The summed E-state index contributed by atoms with van der Waals surface area (Å²) in [6, 6.07) is 37.6. The van der Waals surface area contributed by atoms with Gasteiger partial charge in [-0.15, -0.1) is 0 Å². The van der Waals surface area contributed by atoms with E-state index in [0.29, 0.717) is 61.4 Å². The van der Waals surface area contributed by atoms with Crippen LogP contribution < -0.4 is 68.8 Å². The molecule has 18 rings (SSSR count). The summed E-state index contributed by atoms with van der Waals surface area (Å²) >= 11 is 5.86. The lowest BCUT2D eigenvalue weighted by Crippen LogP contribution is -2.09. The monoisotopic (exact) mass is 1870 g/mol. The maximum Gasteiger partial charge on any atom is 0.417 e. The maximum atomic E-state index is 13.5. The number of anilines is 12. The molecule has 0 spiro atoms. The number of fused-ring (bicyclic) bond motifs is 6. The normalized spacial score (nSPS) is 12.0. The third-order valence-electron chi connectivity index (χ3n) is 19.2. The van der Waals surface area contributed by atoms with Crippen molar-refractivity contribution in [3.05, 3.63) is 249 Å². The highest BCUT2D eigenvalue weighted by molar-refractivity contribution is 6.33. The minimum Gasteiger partial charge on any atom is -0.436 e. The quantitative estimate of drug-likeness (QED) is 0.0543. The predicted molar refractivity (Wildman–Crippen MR) is 459 cm³/mol. The van der Waals surface area contributed by atoms with Crippen LogP contribution in [0.5, 0.6) is 0 Å². The minimum absolute atomic E-state index is 0.000486. The molecule has 0 atom stereocenters. The Balaban J connectivity index is 0.000000135. The molecule has 0 unspecified atom stereocenters. The summed E-state index contributed by atoms with van der Waals surface area (Å²) in [5.41, 5.74) is 65.9. The smallest absolute Gasteiger partial charge is 0.417 e. The molecule has 0 radical (unpaired) electrons. The van der Waals surface area contributed by atoms with Gasteiger partial charge in [-0.3, -0.25) is 0 Å². The fraction of sp³-hybridized carbons (Fsp3) is 0.103. The summed E-state index contributed by atoms with van der Waals surface area (Å²) in [6.07, 6.45) is -27.5. The SMILES string of the molecule is Cc1cc(N)cc(C(F)(F)F)c1-c1nc2cc(N)c(F)cc2o1.Cc1cc(N)cc2nc(-c3ccc(N)cc3C(F)(F)F)oc12.Cc1cc2oc(-c3ccc(N)cc3C(F)(F)F)nc2cc1N.Nc1ccc(-c2nc3cc(N)c(Cl)cc3o2)c(C(F)(F)F)c1.Nc1ccc(-c2nc3cc(N)c(F)cc3o2)c(C(F)(F)F)c1.Nc1ccc(-c2nc3cc(N)ccc3o2)c(C(F)(F)F)c1. The summed E-state index contributed by atoms with van der Waals surface area (Å²) in [5.74, 6) is -2.55. The first-order valence-corrected chi connectivity index (χ1v) is 37.8. The van der Waals surface area contributed by atoms with Crippen molar-refractivity contribution in [3.63, 3.8) is 0 Å². The Kier molecular flexibility index (Phi) is 24.9. The largest absolute Gasteiger partial charge is 0.436 e. The number of rotatable bonds is 6. The van der Waals surface area contributed by atoms with Gasteiger partial charge in [0.1, 0.15) is 44.7 Å². The average Bonchev–Trinajstić information content (AvgIpc) is 1.57. The molecule has 45 heteroatoms. The number of aryl methyl sites for hydroxylation is 3. The molecule has 6 aromatic heterocycles. The van der Waals surface area contributed by atoms with Crippen molar-refractivity contribution in [2.24, 2.45) is 0 Å². The first-order chi connectivity index (χ1) is 61.5. The standard InChI is InChI=1S/C15H11F4N3O.2C15H12F3N3O.C14H9ClF3N3O.C14H9F4N3O.C14H10F3N3O/c1-6-2-7(20)3-8(15(17,18)19)13(6)14-22-11-5-10(21)9(16)4-12(11)23-14;1-7-4-9(20)6-12-13(7)22-14(21-12)10-3-2-8(19)5-11(10)15(16,17)18;1-7-4-13-12(6-11(7)20)21-14(22-13)9-3-2-8(19)5-10(9)15(16,17)18;2*15-9-4-12-11(5-10(9)20)21-13(22-12)7-2-1-6(19)3-8(7)14(16,17)18;15-14(16,17)10-5-7(18)1-3-9(10)13-20-11-6-8(19)2-4-12(11)21-13/h2-5H,20-21H2,1H3;2*2-6H,19-20H2,1H3;2*1-5H,19-20H2;1-6H,18-19H2. The first kappa shape index (κ1) is 93.6. The molecule has 0 aliphatic heterocycles. The van der Waals surface area contributed by atoms with Gasteiger partial charge in [0.15, 0.2) is 33.5 Å². The molecule has 0 saturated carbocycles. The van der Waals surface area contributed by atoms with Gasteiger partial charge in [-0.1, -0.05) is 11.6 Å². The molecule has 0 fully saturated rings. The number of benzene rings is 12. The first-order valence-electron chi connectivity index (χ1n) is 37.4. The molecule has 0 aliphatic carbocycles. The molecular weight excluding hydrogens is 1810 g/mol. The van der Waals surface area contributed by atoms with Gasteiger partial charge in [-0.25, -0.2) is 38.7 Å². The van der Waals surface area contributed by atoms with Crippen LogP contribution in [0.25, 0.3) is 135 Å². The molecule has 684 valence electrons. The van der Waals surface area contributed by atoms with Crippen LogP contribution in [0.4, 0.5) is 156 Å². The lowest BCUT2D eigenvalue weighted by molar-refractivity contribution is -0.138. The van der Waals surface area contributed by atoms with E-state index >= 15 is 0 Å². The van der Waals surface area contributed by atoms with Gasteiger partial charge in [0.25, 0.3) is 0 Å². The van der Waals surface area contributed by atoms with E-state index in [-0.39, 0.29) is 158 Å². The highest BCUT2D eigenvalue weighted by Gasteiger charge is 2.42. The number of nitrogens with two attached hydrogens (primary N) is 12. The van der Waals surface area contributed by atoms with E-state index in [1.165, 1.54) is 97.9 Å². The lowest BCUT2D eigenvalue weighted by atomic mass is 10.0. The van der Waals surface area contributed by atoms with Gasteiger partial charge in [0, 0.05) is 97.2 Å². The number of halogens is 21. The van der Waals surface area contributed by atoms with E-state index in [0.717, 1.165) is 60.2 Å². The van der Waals surface area contributed by atoms with Crippen molar-refractivity contribution in [3.8, 4) is 68.7 Å². The van der Waals surface area contributed by atoms with Crippen molar-refractivity contribution < 1.29 is 114 Å². The van der Waals surface area contributed by atoms with E-state index in [4.69, 9.17) is 107 Å². The molecule has 24 N–H and O–H groups in total. The van der Waals surface area contributed by atoms with Crippen LogP contribution in [0.15, 0.2) is 208 Å². The van der Waals surface area contributed by atoms with Crippen molar-refractivity contribution in [1.29, 1.82) is 0 Å². The Morgan fingerprint density at radius 2 is 0.500 bits per heavy atom. The van der Waals surface area contributed by atoms with E-state index in [1.807, 2.05) is 0 Å². The Morgan fingerprint density at radius 3 is 0.879 bits per heavy atom. The van der Waals surface area contributed by atoms with Gasteiger partial charge in [-0.05, 0) is 201 Å². The zero-order valence-corrected chi connectivity index (χ0v) is 68.1. The van der Waals surface area contributed by atoms with E-state index in [9.17, 15) is 87.8 Å². The fourth-order valence-electron chi connectivity index (χ4n) is 13.1. The molecule has 24 nitrogen and oxygen atoms in total. The Morgan fingerprint density at radius 1 is 0.235 bits per heavy atom. The second-order valence-corrected chi connectivity index (χ2v) is 29.4. The maximum absolute atomic E-state index is 13.5. The summed E-state index contributed by atoms with van der Waals surface area (Å²) in [6.45, 7) is 4.99. The minimum atomic E-state index is -4.64. The number of nitrogen functional groups attached to an aromatic ring is 12. The number of nitrogens with zero attached hydrogens (tertiary/aromatic N) is 6. The molecule has 6 heterocycles. The zero-order valence-electron chi connectivity index (χ0n) is 67.3. The van der Waals surface area contributed by atoms with Crippen LogP contribution in [0.2, 0.25) is 5.02 Å². The number of hydrogen-bond acceptors (Lipinski definition) is 24. The van der Waals surface area contributed by atoms with Crippen LogP contribution in [0.1, 0.15) is 50.1 Å². The van der Waals surface area contributed by atoms with Crippen LogP contribution in [0.3, 0.4) is 0 Å². The van der Waals surface area contributed by atoms with Crippen LogP contribution in [-0.2, 0) is 37.1 Å². The molecule has 12 aromatic carbocycles. The highest BCUT2D eigenvalue weighted by Crippen LogP contribution is 2.48. The molecular formula is C87H63ClF20N18O6. The van der Waals surface area contributed by atoms with E-state index in [1.54, 1.807) is 50.2 Å². The van der Waals surface area contributed by atoms with E-state index in [2.05, 4.69) is 29.9 Å². The zero-order chi connectivity index (χ0) is 96.4. The van der Waals surface area contributed by atoms with Crippen molar-refractivity contribution in [1.82, 2.24) is 29.9 Å². The molecule has 0 aliphatic rings. The van der Waals surface area contributed by atoms with Gasteiger partial charge in [-0.2, -0.15) is 79.0 Å². The summed E-state index contributed by atoms with van der Waals surface area (Å²) in [4.78, 5) is 24.3. The third-order valence-corrected chi connectivity index (χ3v) is 19.5. The number of oxazole rings is 6. The van der Waals surface area contributed by atoms with Crippen molar-refractivity contribution in [2.75, 3.05) is 68.8 Å². The van der Waals surface area contributed by atoms with Crippen molar-refractivity contribution in [2.45, 2.75) is 57.8 Å². The lowest BCUT2D eigenvalue weighted by Gasteiger charge is -2.14. The number of alkyl halides is 18. The summed E-state index contributed by atoms with van der Waals surface area (Å²) < 4.78 is 296. The topological polar surface area (TPSA) is 468 Å². The van der Waals surface area contributed by atoms with Crippen LogP contribution in [-0.4, -0.2) is 29.9 Å². The van der Waals surface area contributed by atoms with Gasteiger partial charge in [0.05, 0.1) is 61.0 Å². The fourth-order valence-corrected chi connectivity index (χ4v) is 13.2. The molecule has 0 saturated heterocycles. The summed E-state index contributed by atoms with van der Waals surface area (Å²) in [5, 5.41) is 0.239. The van der Waals surface area contributed by atoms with Crippen LogP contribution in [0, 0.1) is 32.4 Å². The average molecular weight is 1870 g/mol. The molecule has 0 amide bonds.